The summed E-state index contributed by atoms with van der Waals surface area (Å²) in [7, 11) is 1.25. The average Bonchev–Trinajstić information content (AvgIpc) is 3.50. The van der Waals surface area contributed by atoms with Crippen LogP contribution in [-0.2, 0) is 4.74 Å². The minimum absolute atomic E-state index is 0.0832. The number of nitrogens with zero attached hydrogens (tertiary/aromatic N) is 4. The number of aromatic nitrogens is 4. The van der Waals surface area contributed by atoms with Crippen LogP contribution in [-0.4, -0.2) is 39.0 Å². The third-order valence-corrected chi connectivity index (χ3v) is 6.14. The first-order chi connectivity index (χ1) is 16.0. The number of esters is 1. The molecule has 9 nitrogen and oxygen atoms in total. The van der Waals surface area contributed by atoms with Crippen LogP contribution in [0.2, 0.25) is 0 Å². The van der Waals surface area contributed by atoms with Gasteiger partial charge in [-0.25, -0.2) is 23.5 Å². The summed E-state index contributed by atoms with van der Waals surface area (Å²) in [5.74, 6) is -1.39. The minimum atomic E-state index is -0.708. The second kappa shape index (κ2) is 8.17. The molecule has 1 aliphatic rings. The van der Waals surface area contributed by atoms with Gasteiger partial charge in [-0.05, 0) is 24.6 Å². The molecule has 0 unspecified atom stereocenters. The second-order valence-electron chi connectivity index (χ2n) is 7.18. The number of methoxy groups -OCH3 is 1. The van der Waals surface area contributed by atoms with Crippen molar-refractivity contribution in [2.45, 2.75) is 13.0 Å². The summed E-state index contributed by atoms with van der Waals surface area (Å²) in [5, 5.41) is 4.58. The predicted molar refractivity (Wildman–Crippen MR) is 116 cm³/mol. The SMILES string of the molecule is COC(=O)c1nc(C)c(Oc2ccc(-n3nc4n(c3=O)[C@H](c3ccccc3)CO4)cc2F)s1. The lowest BCUT2D eigenvalue weighted by molar-refractivity contribution is 0.0600. The van der Waals surface area contributed by atoms with Gasteiger partial charge in [0, 0.05) is 6.07 Å². The van der Waals surface area contributed by atoms with E-state index in [9.17, 15) is 14.0 Å². The number of carbonyl (C=O) groups excluding carboxylic acids is 1. The third kappa shape index (κ3) is 3.65. The Hall–Kier alpha value is -3.99. The number of hydrogen-bond acceptors (Lipinski definition) is 8. The first-order valence-electron chi connectivity index (χ1n) is 9.89. The van der Waals surface area contributed by atoms with Crippen molar-refractivity contribution in [3.05, 3.63) is 81.1 Å². The van der Waals surface area contributed by atoms with Gasteiger partial charge in [-0.1, -0.05) is 41.7 Å². The second-order valence-corrected chi connectivity index (χ2v) is 8.15. The third-order valence-electron chi connectivity index (χ3n) is 5.12. The highest BCUT2D eigenvalue weighted by Crippen LogP contribution is 2.34. The molecule has 4 aromatic rings. The first-order valence-corrected chi connectivity index (χ1v) is 10.7. The molecule has 1 atom stereocenters. The molecule has 5 rings (SSSR count). The molecule has 11 heteroatoms. The van der Waals surface area contributed by atoms with Crippen LogP contribution in [0.4, 0.5) is 4.39 Å². The van der Waals surface area contributed by atoms with Crippen molar-refractivity contribution in [2.24, 2.45) is 0 Å². The van der Waals surface area contributed by atoms with E-state index >= 15 is 0 Å². The highest BCUT2D eigenvalue weighted by Gasteiger charge is 2.31. The van der Waals surface area contributed by atoms with Gasteiger partial charge in [0.2, 0.25) is 10.1 Å². The van der Waals surface area contributed by atoms with Crippen LogP contribution < -0.4 is 15.2 Å². The molecule has 3 heterocycles. The van der Waals surface area contributed by atoms with E-state index in [0.29, 0.717) is 12.3 Å². The molecule has 0 spiro atoms. The number of carbonyl (C=O) groups is 1. The van der Waals surface area contributed by atoms with E-state index < -0.39 is 17.5 Å². The molecule has 0 fully saturated rings. The van der Waals surface area contributed by atoms with Crippen LogP contribution in [0, 0.1) is 12.7 Å². The maximum Gasteiger partial charge on any atom is 0.367 e. The number of fused-ring (bicyclic) bond motifs is 1. The van der Waals surface area contributed by atoms with Gasteiger partial charge in [-0.2, -0.15) is 4.68 Å². The molecule has 2 aromatic carbocycles. The van der Waals surface area contributed by atoms with Gasteiger partial charge in [-0.15, -0.1) is 5.10 Å². The lowest BCUT2D eigenvalue weighted by Gasteiger charge is -2.10. The van der Waals surface area contributed by atoms with E-state index in [1.165, 1.54) is 23.8 Å². The van der Waals surface area contributed by atoms with Crippen LogP contribution in [0.25, 0.3) is 5.69 Å². The molecule has 0 radical (unpaired) electrons. The standard InChI is InChI=1S/C22H17FN4O5S/c1-12-20(33-18(24-12)19(28)30-2)32-17-9-8-14(10-15(17)23)27-22(29)26-16(11-31-21(26)25-27)13-6-4-3-5-7-13/h3-10,16H,11H2,1-2H3/t16-/m0/s1. The summed E-state index contributed by atoms with van der Waals surface area (Å²) in [6, 6.07) is 13.4. The number of hydrogen-bond donors (Lipinski definition) is 0. The largest absolute Gasteiger partial charge is 0.464 e. The van der Waals surface area contributed by atoms with E-state index in [1.807, 2.05) is 30.3 Å². The quantitative estimate of drug-likeness (QED) is 0.414. The highest BCUT2D eigenvalue weighted by atomic mass is 32.1. The molecule has 2 aromatic heterocycles. The summed E-state index contributed by atoms with van der Waals surface area (Å²) in [6.45, 7) is 1.94. The Morgan fingerprint density at radius 3 is 2.76 bits per heavy atom. The Balaban J connectivity index is 1.44. The van der Waals surface area contributed by atoms with Crippen molar-refractivity contribution in [2.75, 3.05) is 13.7 Å². The highest BCUT2D eigenvalue weighted by molar-refractivity contribution is 7.15. The summed E-state index contributed by atoms with van der Waals surface area (Å²) in [6.07, 6.45) is 0. The van der Waals surface area contributed by atoms with Crippen LogP contribution >= 0.6 is 11.3 Å². The summed E-state index contributed by atoms with van der Waals surface area (Å²) in [4.78, 5) is 28.8. The van der Waals surface area contributed by atoms with Gasteiger partial charge in [0.1, 0.15) is 12.6 Å². The number of aryl methyl sites for hydroxylation is 1. The maximum absolute atomic E-state index is 14.8. The molecule has 0 bridgehead atoms. The fourth-order valence-corrected chi connectivity index (χ4v) is 4.35. The number of rotatable bonds is 5. The van der Waals surface area contributed by atoms with Crippen molar-refractivity contribution in [1.29, 1.82) is 0 Å². The molecule has 0 aliphatic carbocycles. The Bertz CT molecular complexity index is 1410. The van der Waals surface area contributed by atoms with Gasteiger partial charge in [0.25, 0.3) is 0 Å². The predicted octanol–water partition coefficient (Wildman–Crippen LogP) is 3.50. The molecular weight excluding hydrogens is 451 g/mol. The Morgan fingerprint density at radius 1 is 1.24 bits per heavy atom. The van der Waals surface area contributed by atoms with Crippen LogP contribution in [0.15, 0.2) is 53.3 Å². The van der Waals surface area contributed by atoms with Crippen molar-refractivity contribution in [3.8, 4) is 22.5 Å². The Morgan fingerprint density at radius 2 is 2.03 bits per heavy atom. The zero-order chi connectivity index (χ0) is 23.1. The molecule has 0 saturated carbocycles. The van der Waals surface area contributed by atoms with Gasteiger partial charge in [0.15, 0.2) is 11.6 Å². The molecule has 1 aliphatic heterocycles. The van der Waals surface area contributed by atoms with E-state index in [1.54, 1.807) is 6.92 Å². The van der Waals surface area contributed by atoms with Crippen LogP contribution in [0.3, 0.4) is 0 Å². The van der Waals surface area contributed by atoms with Crippen molar-refractivity contribution in [1.82, 2.24) is 19.3 Å². The molecule has 0 N–H and O–H groups in total. The van der Waals surface area contributed by atoms with Crippen molar-refractivity contribution in [3.63, 3.8) is 0 Å². The molecule has 33 heavy (non-hydrogen) atoms. The zero-order valence-electron chi connectivity index (χ0n) is 17.5. The lowest BCUT2D eigenvalue weighted by Crippen LogP contribution is -2.27. The Labute approximate surface area is 190 Å². The summed E-state index contributed by atoms with van der Waals surface area (Å²) in [5.41, 5.74) is 1.12. The van der Waals surface area contributed by atoms with E-state index in [4.69, 9.17) is 9.47 Å². The van der Waals surface area contributed by atoms with Gasteiger partial charge in [-0.3, -0.25) is 0 Å². The molecular formula is C22H17FN4O5S. The van der Waals surface area contributed by atoms with Crippen LogP contribution in [0.1, 0.15) is 27.1 Å². The number of halogens is 1. The summed E-state index contributed by atoms with van der Waals surface area (Å²) < 4.78 is 33.2. The number of thiazole rings is 1. The van der Waals surface area contributed by atoms with Crippen molar-refractivity contribution >= 4 is 17.3 Å². The lowest BCUT2D eigenvalue weighted by atomic mass is 10.1. The maximum atomic E-state index is 14.8. The first kappa shape index (κ1) is 20.9. The molecule has 168 valence electrons. The van der Waals surface area contributed by atoms with Gasteiger partial charge >= 0.3 is 17.7 Å². The monoisotopic (exact) mass is 468 g/mol. The zero-order valence-corrected chi connectivity index (χ0v) is 18.3. The van der Waals surface area contributed by atoms with Gasteiger partial charge in [0.05, 0.1) is 18.5 Å². The Kier molecular flexibility index (Phi) is 5.17. The average molecular weight is 468 g/mol. The van der Waals surface area contributed by atoms with Gasteiger partial charge < -0.3 is 14.2 Å². The molecule has 0 saturated heterocycles. The van der Waals surface area contributed by atoms with Crippen LogP contribution in [0.5, 0.6) is 16.8 Å². The normalized spacial score (nSPS) is 14.6. The fourth-order valence-electron chi connectivity index (χ4n) is 3.50. The topological polar surface area (TPSA) is 97.5 Å². The number of benzene rings is 2. The number of ether oxygens (including phenoxy) is 3. The minimum Gasteiger partial charge on any atom is -0.464 e. The van der Waals surface area contributed by atoms with E-state index in [0.717, 1.165) is 27.6 Å². The fraction of sp³-hybridized carbons (Fsp3) is 0.182. The van der Waals surface area contributed by atoms with Crippen molar-refractivity contribution < 1.29 is 23.4 Å². The van der Waals surface area contributed by atoms with E-state index in [2.05, 4.69) is 14.8 Å². The smallest absolute Gasteiger partial charge is 0.367 e. The molecule has 0 amide bonds. The summed E-state index contributed by atoms with van der Waals surface area (Å²) >= 11 is 0.951. The van der Waals surface area contributed by atoms with E-state index in [-0.39, 0.29) is 33.6 Å².